The van der Waals surface area contributed by atoms with Gasteiger partial charge in [0.2, 0.25) is 0 Å². The van der Waals surface area contributed by atoms with E-state index in [0.717, 1.165) is 4.90 Å². The first-order valence-electron chi connectivity index (χ1n) is 5.60. The number of aromatic hydroxyl groups is 1. The third-order valence-electron chi connectivity index (χ3n) is 3.01. The van der Waals surface area contributed by atoms with Crippen molar-refractivity contribution >= 4 is 23.5 Å². The highest BCUT2D eigenvalue weighted by Gasteiger charge is 2.39. The minimum Gasteiger partial charge on any atom is -0.508 e. The first kappa shape index (κ1) is 13.6. The SMILES string of the molecule is O=C(O)C1CC(O)CN1C(=O)c1cc(O)ccc1Cl. The van der Waals surface area contributed by atoms with Gasteiger partial charge >= 0.3 is 5.97 Å². The molecule has 2 unspecified atom stereocenters. The van der Waals surface area contributed by atoms with E-state index in [0.29, 0.717) is 0 Å². The number of aliphatic carboxylic acids is 1. The van der Waals surface area contributed by atoms with Crippen LogP contribution >= 0.6 is 11.6 Å². The van der Waals surface area contributed by atoms with Crippen LogP contribution in [0.4, 0.5) is 0 Å². The van der Waals surface area contributed by atoms with Gasteiger partial charge < -0.3 is 20.2 Å². The zero-order valence-electron chi connectivity index (χ0n) is 9.78. The minimum atomic E-state index is -1.18. The van der Waals surface area contributed by atoms with Gasteiger partial charge in [-0.3, -0.25) is 4.79 Å². The van der Waals surface area contributed by atoms with Gasteiger partial charge in [0, 0.05) is 13.0 Å². The second kappa shape index (κ2) is 5.07. The summed E-state index contributed by atoms with van der Waals surface area (Å²) in [6.07, 6.45) is -0.890. The van der Waals surface area contributed by atoms with E-state index < -0.39 is 24.0 Å². The molecule has 1 saturated heterocycles. The van der Waals surface area contributed by atoms with Gasteiger partial charge in [-0.2, -0.15) is 0 Å². The van der Waals surface area contributed by atoms with Crippen LogP contribution in [0.1, 0.15) is 16.8 Å². The Morgan fingerprint density at radius 1 is 1.37 bits per heavy atom. The Bertz CT molecular complexity index is 533. The molecule has 3 N–H and O–H groups in total. The molecule has 0 aliphatic carbocycles. The van der Waals surface area contributed by atoms with Crippen molar-refractivity contribution in [2.24, 2.45) is 0 Å². The average Bonchev–Trinajstić information content (AvgIpc) is 2.74. The van der Waals surface area contributed by atoms with Crippen LogP contribution in [0.25, 0.3) is 0 Å². The summed E-state index contributed by atoms with van der Waals surface area (Å²) >= 11 is 5.86. The molecule has 2 rings (SSSR count). The van der Waals surface area contributed by atoms with Gasteiger partial charge in [-0.1, -0.05) is 11.6 Å². The monoisotopic (exact) mass is 285 g/mol. The molecule has 1 amide bonds. The Kier molecular flexibility index (Phi) is 3.64. The number of aliphatic hydroxyl groups excluding tert-OH is 1. The number of carboxylic acid groups (broad SMARTS) is 1. The molecule has 1 aromatic carbocycles. The third kappa shape index (κ3) is 2.64. The number of β-amino-alcohol motifs (C(OH)–C–C–N with tert-alkyl or cyclic N) is 1. The van der Waals surface area contributed by atoms with Gasteiger partial charge in [-0.15, -0.1) is 0 Å². The van der Waals surface area contributed by atoms with Crippen molar-refractivity contribution in [3.05, 3.63) is 28.8 Å². The highest BCUT2D eigenvalue weighted by atomic mass is 35.5. The van der Waals surface area contributed by atoms with Crippen molar-refractivity contribution in [1.82, 2.24) is 4.90 Å². The number of hydrogen-bond donors (Lipinski definition) is 3. The lowest BCUT2D eigenvalue weighted by Gasteiger charge is -2.21. The lowest BCUT2D eigenvalue weighted by Crippen LogP contribution is -2.40. The number of carbonyl (C=O) groups excluding carboxylic acids is 1. The van der Waals surface area contributed by atoms with Crippen LogP contribution < -0.4 is 0 Å². The number of phenols is 1. The highest BCUT2D eigenvalue weighted by molar-refractivity contribution is 6.34. The van der Waals surface area contributed by atoms with Crippen LogP contribution in [-0.2, 0) is 4.79 Å². The summed E-state index contributed by atoms with van der Waals surface area (Å²) in [4.78, 5) is 24.3. The Morgan fingerprint density at radius 2 is 2.05 bits per heavy atom. The van der Waals surface area contributed by atoms with Crippen LogP contribution in [0.15, 0.2) is 18.2 Å². The molecule has 2 atom stereocenters. The minimum absolute atomic E-state index is 0.0158. The van der Waals surface area contributed by atoms with Gasteiger partial charge in [0.1, 0.15) is 11.8 Å². The number of amides is 1. The van der Waals surface area contributed by atoms with Gasteiger partial charge in [0.15, 0.2) is 0 Å². The molecular weight excluding hydrogens is 274 g/mol. The standard InChI is InChI=1S/C12H12ClNO5/c13-9-2-1-6(15)3-8(9)11(17)14-5-7(16)4-10(14)12(18)19/h1-3,7,10,15-16H,4-5H2,(H,18,19). The number of phenolic OH excluding ortho intramolecular Hbond substituents is 1. The van der Waals surface area contributed by atoms with Crippen molar-refractivity contribution in [2.45, 2.75) is 18.6 Å². The second-order valence-electron chi connectivity index (χ2n) is 4.37. The van der Waals surface area contributed by atoms with E-state index in [2.05, 4.69) is 0 Å². The van der Waals surface area contributed by atoms with Gasteiger partial charge in [0.05, 0.1) is 16.7 Å². The zero-order valence-corrected chi connectivity index (χ0v) is 10.5. The molecule has 6 nitrogen and oxygen atoms in total. The summed E-state index contributed by atoms with van der Waals surface area (Å²) in [5.74, 6) is -1.94. The number of benzene rings is 1. The van der Waals surface area contributed by atoms with E-state index in [4.69, 9.17) is 16.7 Å². The Labute approximate surface area is 113 Å². The van der Waals surface area contributed by atoms with E-state index in [1.807, 2.05) is 0 Å². The maximum absolute atomic E-state index is 12.2. The van der Waals surface area contributed by atoms with Crippen LogP contribution in [0.5, 0.6) is 5.75 Å². The smallest absolute Gasteiger partial charge is 0.326 e. The number of likely N-dealkylation sites (tertiary alicyclic amines) is 1. The molecule has 1 aromatic rings. The molecule has 7 heteroatoms. The first-order valence-corrected chi connectivity index (χ1v) is 5.98. The van der Waals surface area contributed by atoms with Crippen molar-refractivity contribution in [2.75, 3.05) is 6.54 Å². The predicted molar refractivity (Wildman–Crippen MR) is 66.2 cm³/mol. The molecule has 0 radical (unpaired) electrons. The fourth-order valence-corrected chi connectivity index (χ4v) is 2.30. The van der Waals surface area contributed by atoms with Gasteiger partial charge in [0.25, 0.3) is 5.91 Å². The molecular formula is C12H12ClNO5. The number of aliphatic hydroxyl groups is 1. The number of carboxylic acids is 1. The third-order valence-corrected chi connectivity index (χ3v) is 3.33. The summed E-state index contributed by atoms with van der Waals surface area (Å²) in [7, 11) is 0. The molecule has 1 fully saturated rings. The van der Waals surface area contributed by atoms with Crippen molar-refractivity contribution in [3.63, 3.8) is 0 Å². The van der Waals surface area contributed by atoms with Crippen LogP contribution in [0, 0.1) is 0 Å². The maximum Gasteiger partial charge on any atom is 0.326 e. The van der Waals surface area contributed by atoms with Crippen molar-refractivity contribution < 1.29 is 24.9 Å². The molecule has 0 saturated carbocycles. The van der Waals surface area contributed by atoms with Crippen LogP contribution in [-0.4, -0.2) is 50.8 Å². The fraction of sp³-hybridized carbons (Fsp3) is 0.333. The zero-order chi connectivity index (χ0) is 14.2. The molecule has 0 bridgehead atoms. The summed E-state index contributed by atoms with van der Waals surface area (Å²) in [5, 5.41) is 28.0. The average molecular weight is 286 g/mol. The van der Waals surface area contributed by atoms with Crippen LogP contribution in [0.3, 0.4) is 0 Å². The largest absolute Gasteiger partial charge is 0.508 e. The van der Waals surface area contributed by atoms with E-state index in [1.54, 1.807) is 0 Å². The fourth-order valence-electron chi connectivity index (χ4n) is 2.10. The quantitative estimate of drug-likeness (QED) is 0.743. The lowest BCUT2D eigenvalue weighted by atomic mass is 10.1. The van der Waals surface area contributed by atoms with E-state index >= 15 is 0 Å². The molecule has 1 aliphatic rings. The topological polar surface area (TPSA) is 98.1 Å². The first-order chi connectivity index (χ1) is 8.90. The number of carbonyl (C=O) groups is 2. The molecule has 0 spiro atoms. The molecule has 19 heavy (non-hydrogen) atoms. The summed E-state index contributed by atoms with van der Waals surface area (Å²) in [6.45, 7) is -0.0677. The molecule has 1 heterocycles. The number of nitrogens with zero attached hydrogens (tertiary/aromatic N) is 1. The summed E-state index contributed by atoms with van der Waals surface area (Å²) < 4.78 is 0. The van der Waals surface area contributed by atoms with E-state index in [1.165, 1.54) is 18.2 Å². The van der Waals surface area contributed by atoms with Crippen molar-refractivity contribution in [1.29, 1.82) is 0 Å². The number of hydrogen-bond acceptors (Lipinski definition) is 4. The molecule has 1 aliphatic heterocycles. The molecule has 102 valence electrons. The second-order valence-corrected chi connectivity index (χ2v) is 4.77. The number of rotatable bonds is 2. The highest BCUT2D eigenvalue weighted by Crippen LogP contribution is 2.26. The van der Waals surface area contributed by atoms with E-state index in [-0.39, 0.29) is 29.3 Å². The van der Waals surface area contributed by atoms with Gasteiger partial charge in [-0.25, -0.2) is 4.79 Å². The Balaban J connectivity index is 2.33. The Morgan fingerprint density at radius 3 is 2.68 bits per heavy atom. The normalized spacial score (nSPS) is 22.5. The van der Waals surface area contributed by atoms with Crippen molar-refractivity contribution in [3.8, 4) is 5.75 Å². The van der Waals surface area contributed by atoms with Gasteiger partial charge in [-0.05, 0) is 18.2 Å². The lowest BCUT2D eigenvalue weighted by molar-refractivity contribution is -0.141. The predicted octanol–water partition coefficient (Wildman–Crippen LogP) is 0.706. The summed E-state index contributed by atoms with van der Waals surface area (Å²) in [6, 6.07) is 2.77. The van der Waals surface area contributed by atoms with E-state index in [9.17, 15) is 19.8 Å². The maximum atomic E-state index is 12.2. The Hall–Kier alpha value is -1.79. The summed E-state index contributed by atoms with van der Waals surface area (Å²) in [5.41, 5.74) is 0.0158. The number of halogens is 1. The van der Waals surface area contributed by atoms with Crippen LogP contribution in [0.2, 0.25) is 5.02 Å². The molecule has 0 aromatic heterocycles.